The summed E-state index contributed by atoms with van der Waals surface area (Å²) in [4.78, 5) is 0. The highest BCUT2D eigenvalue weighted by Crippen LogP contribution is 2.21. The van der Waals surface area contributed by atoms with E-state index in [9.17, 15) is 4.39 Å². The SMILES string of the molecule is CC(N)c1cn(-c2ccc(F)cc2Br)nn1. The molecule has 0 amide bonds. The zero-order valence-electron chi connectivity index (χ0n) is 8.56. The molecule has 0 fully saturated rings. The number of rotatable bonds is 2. The van der Waals surface area contributed by atoms with Crippen molar-refractivity contribution in [2.75, 3.05) is 0 Å². The Bertz CT molecular complexity index is 509. The van der Waals surface area contributed by atoms with Crippen LogP contribution in [0.15, 0.2) is 28.9 Å². The van der Waals surface area contributed by atoms with Crippen LogP contribution in [0.1, 0.15) is 18.7 Å². The smallest absolute Gasteiger partial charge is 0.124 e. The van der Waals surface area contributed by atoms with Gasteiger partial charge in [0.25, 0.3) is 0 Å². The fourth-order valence-corrected chi connectivity index (χ4v) is 1.80. The standard InChI is InChI=1S/C10H10BrFN4/c1-6(13)9-5-16(15-14-9)10-3-2-7(12)4-8(10)11/h2-6H,13H2,1H3. The van der Waals surface area contributed by atoms with Crippen molar-refractivity contribution >= 4 is 15.9 Å². The maximum Gasteiger partial charge on any atom is 0.124 e. The van der Waals surface area contributed by atoms with Gasteiger partial charge in [0, 0.05) is 10.5 Å². The second-order valence-electron chi connectivity index (χ2n) is 3.47. The van der Waals surface area contributed by atoms with Crippen molar-refractivity contribution in [3.8, 4) is 5.69 Å². The molecule has 1 unspecified atom stereocenters. The van der Waals surface area contributed by atoms with E-state index in [1.807, 2.05) is 6.92 Å². The van der Waals surface area contributed by atoms with Crippen LogP contribution in [-0.2, 0) is 0 Å². The first-order chi connectivity index (χ1) is 7.58. The van der Waals surface area contributed by atoms with Gasteiger partial charge in [0.1, 0.15) is 5.82 Å². The van der Waals surface area contributed by atoms with Crippen LogP contribution in [0.2, 0.25) is 0 Å². The second-order valence-corrected chi connectivity index (χ2v) is 4.33. The summed E-state index contributed by atoms with van der Waals surface area (Å²) < 4.78 is 15.1. The normalized spacial score (nSPS) is 12.8. The van der Waals surface area contributed by atoms with E-state index in [1.165, 1.54) is 12.1 Å². The zero-order valence-corrected chi connectivity index (χ0v) is 10.1. The summed E-state index contributed by atoms with van der Waals surface area (Å²) in [5.74, 6) is -0.303. The predicted molar refractivity (Wildman–Crippen MR) is 61.6 cm³/mol. The first-order valence-corrected chi connectivity index (χ1v) is 5.50. The molecule has 6 heteroatoms. The molecule has 1 heterocycles. The number of nitrogens with two attached hydrogens (primary N) is 1. The number of hydrogen-bond donors (Lipinski definition) is 1. The van der Waals surface area contributed by atoms with E-state index in [0.717, 1.165) is 5.69 Å². The largest absolute Gasteiger partial charge is 0.323 e. The number of halogens is 2. The molecule has 16 heavy (non-hydrogen) atoms. The van der Waals surface area contributed by atoms with Crippen LogP contribution in [0, 0.1) is 5.82 Å². The van der Waals surface area contributed by atoms with Crippen molar-refractivity contribution in [1.29, 1.82) is 0 Å². The Hall–Kier alpha value is -1.27. The third-order valence-electron chi connectivity index (χ3n) is 2.13. The van der Waals surface area contributed by atoms with Crippen LogP contribution in [0.25, 0.3) is 5.69 Å². The molecule has 0 spiro atoms. The van der Waals surface area contributed by atoms with Crippen molar-refractivity contribution in [2.45, 2.75) is 13.0 Å². The summed E-state index contributed by atoms with van der Waals surface area (Å²) in [5, 5.41) is 7.86. The number of aromatic nitrogens is 3. The molecular formula is C10H10BrFN4. The van der Waals surface area contributed by atoms with E-state index < -0.39 is 0 Å². The van der Waals surface area contributed by atoms with Gasteiger partial charge in [0.05, 0.1) is 17.6 Å². The molecule has 2 aromatic rings. The molecule has 2 N–H and O–H groups in total. The molecule has 1 aromatic heterocycles. The highest BCUT2D eigenvalue weighted by Gasteiger charge is 2.09. The Morgan fingerprint density at radius 1 is 1.50 bits per heavy atom. The fraction of sp³-hybridized carbons (Fsp3) is 0.200. The molecule has 0 saturated carbocycles. The summed E-state index contributed by atoms with van der Waals surface area (Å²) in [7, 11) is 0. The lowest BCUT2D eigenvalue weighted by Crippen LogP contribution is -2.04. The number of nitrogens with zero attached hydrogens (tertiary/aromatic N) is 3. The third kappa shape index (κ3) is 2.12. The van der Waals surface area contributed by atoms with E-state index in [2.05, 4.69) is 26.2 Å². The van der Waals surface area contributed by atoms with Crippen molar-refractivity contribution in [1.82, 2.24) is 15.0 Å². The van der Waals surface area contributed by atoms with Gasteiger partial charge in [-0.2, -0.15) is 0 Å². The van der Waals surface area contributed by atoms with Crippen LogP contribution in [0.3, 0.4) is 0 Å². The van der Waals surface area contributed by atoms with Crippen LogP contribution in [0.4, 0.5) is 4.39 Å². The Kier molecular flexibility index (Phi) is 3.02. The van der Waals surface area contributed by atoms with Gasteiger partial charge in [-0.1, -0.05) is 5.21 Å². The van der Waals surface area contributed by atoms with Crippen LogP contribution in [-0.4, -0.2) is 15.0 Å². The Balaban J connectivity index is 2.42. The summed E-state index contributed by atoms with van der Waals surface area (Å²) in [6, 6.07) is 4.20. The predicted octanol–water partition coefficient (Wildman–Crippen LogP) is 2.19. The molecule has 0 saturated heterocycles. The van der Waals surface area contributed by atoms with Crippen LogP contribution in [0.5, 0.6) is 0 Å². The van der Waals surface area contributed by atoms with E-state index in [1.54, 1.807) is 16.9 Å². The van der Waals surface area contributed by atoms with Crippen molar-refractivity contribution < 1.29 is 4.39 Å². The van der Waals surface area contributed by atoms with Gasteiger partial charge in [-0.25, -0.2) is 9.07 Å². The lowest BCUT2D eigenvalue weighted by molar-refractivity contribution is 0.625. The van der Waals surface area contributed by atoms with Gasteiger partial charge in [-0.05, 0) is 41.1 Å². The van der Waals surface area contributed by atoms with Crippen molar-refractivity contribution in [3.63, 3.8) is 0 Å². The van der Waals surface area contributed by atoms with Gasteiger partial charge in [-0.3, -0.25) is 0 Å². The topological polar surface area (TPSA) is 56.7 Å². The lowest BCUT2D eigenvalue weighted by Gasteiger charge is -2.03. The molecule has 0 bridgehead atoms. The lowest BCUT2D eigenvalue weighted by atomic mass is 10.3. The molecule has 0 aliphatic rings. The summed E-state index contributed by atoms with van der Waals surface area (Å²) >= 11 is 3.27. The quantitative estimate of drug-likeness (QED) is 0.920. The molecule has 84 valence electrons. The third-order valence-corrected chi connectivity index (χ3v) is 2.77. The second kappa shape index (κ2) is 4.31. The van der Waals surface area contributed by atoms with Gasteiger partial charge in [0.15, 0.2) is 0 Å². The molecule has 1 aromatic carbocycles. The average molecular weight is 285 g/mol. The van der Waals surface area contributed by atoms with Gasteiger partial charge >= 0.3 is 0 Å². The minimum Gasteiger partial charge on any atom is -0.323 e. The maximum absolute atomic E-state index is 12.9. The minimum absolute atomic E-state index is 0.173. The van der Waals surface area contributed by atoms with E-state index >= 15 is 0 Å². The minimum atomic E-state index is -0.303. The Morgan fingerprint density at radius 2 is 2.25 bits per heavy atom. The Labute approximate surface area is 100 Å². The number of benzene rings is 1. The first kappa shape index (κ1) is 11.2. The van der Waals surface area contributed by atoms with Gasteiger partial charge in [0.2, 0.25) is 0 Å². The highest BCUT2D eigenvalue weighted by molar-refractivity contribution is 9.10. The number of hydrogen-bond acceptors (Lipinski definition) is 3. The average Bonchev–Trinajstić information content (AvgIpc) is 2.66. The Morgan fingerprint density at radius 3 is 2.81 bits per heavy atom. The first-order valence-electron chi connectivity index (χ1n) is 4.71. The maximum atomic E-state index is 12.9. The van der Waals surface area contributed by atoms with E-state index in [4.69, 9.17) is 5.73 Å². The summed E-state index contributed by atoms with van der Waals surface area (Å²) in [5.41, 5.74) is 7.09. The van der Waals surface area contributed by atoms with E-state index in [-0.39, 0.29) is 11.9 Å². The van der Waals surface area contributed by atoms with Crippen LogP contribution < -0.4 is 5.73 Å². The molecule has 2 rings (SSSR count). The summed E-state index contributed by atoms with van der Waals surface area (Å²) in [6.07, 6.45) is 1.72. The highest BCUT2D eigenvalue weighted by atomic mass is 79.9. The van der Waals surface area contributed by atoms with Gasteiger partial charge in [-0.15, -0.1) is 5.10 Å². The zero-order chi connectivity index (χ0) is 11.7. The fourth-order valence-electron chi connectivity index (χ4n) is 1.27. The molecule has 0 aliphatic heterocycles. The monoisotopic (exact) mass is 284 g/mol. The molecule has 4 nitrogen and oxygen atoms in total. The van der Waals surface area contributed by atoms with Gasteiger partial charge < -0.3 is 5.73 Å². The molecule has 0 aliphatic carbocycles. The molecule has 1 atom stereocenters. The van der Waals surface area contributed by atoms with Crippen LogP contribution >= 0.6 is 15.9 Å². The van der Waals surface area contributed by atoms with E-state index in [0.29, 0.717) is 10.2 Å². The van der Waals surface area contributed by atoms with Crippen molar-refractivity contribution in [3.05, 3.63) is 40.4 Å². The van der Waals surface area contributed by atoms with Crippen molar-refractivity contribution in [2.24, 2.45) is 5.73 Å². The summed E-state index contributed by atoms with van der Waals surface area (Å²) in [6.45, 7) is 1.83. The molecule has 0 radical (unpaired) electrons. The molecular weight excluding hydrogens is 275 g/mol.